The third kappa shape index (κ3) is 6.38. The zero-order valence-electron chi connectivity index (χ0n) is 14.8. The third-order valence-corrected chi connectivity index (χ3v) is 3.60. The van der Waals surface area contributed by atoms with E-state index in [2.05, 4.69) is 15.8 Å². The normalized spacial score (nSPS) is 10.9. The summed E-state index contributed by atoms with van der Waals surface area (Å²) in [6.07, 6.45) is 1.34. The predicted molar refractivity (Wildman–Crippen MR) is 101 cm³/mol. The van der Waals surface area contributed by atoms with E-state index in [1.165, 1.54) is 12.3 Å². The fourth-order valence-corrected chi connectivity index (χ4v) is 2.27. The van der Waals surface area contributed by atoms with Crippen molar-refractivity contribution >= 4 is 29.6 Å². The maximum absolute atomic E-state index is 13.6. The maximum atomic E-state index is 13.6. The van der Waals surface area contributed by atoms with E-state index < -0.39 is 11.8 Å². The lowest BCUT2D eigenvalue weighted by Gasteiger charge is -2.09. The van der Waals surface area contributed by atoms with Crippen LogP contribution in [0.2, 0.25) is 5.02 Å². The summed E-state index contributed by atoms with van der Waals surface area (Å²) in [5, 5.41) is 6.47. The molecule has 0 aliphatic carbocycles. The number of nitrogens with zero attached hydrogens (tertiary/aromatic N) is 1. The van der Waals surface area contributed by atoms with E-state index in [9.17, 15) is 14.0 Å². The third-order valence-electron chi connectivity index (χ3n) is 3.30. The highest BCUT2D eigenvalue weighted by atomic mass is 35.5. The van der Waals surface area contributed by atoms with E-state index in [4.69, 9.17) is 16.3 Å². The van der Waals surface area contributed by atoms with Gasteiger partial charge < -0.3 is 10.1 Å². The molecule has 6 nitrogen and oxygen atoms in total. The van der Waals surface area contributed by atoms with E-state index in [0.29, 0.717) is 21.9 Å². The van der Waals surface area contributed by atoms with Gasteiger partial charge in [-0.25, -0.2) is 9.82 Å². The Balaban J connectivity index is 1.93. The molecule has 0 fully saturated rings. The van der Waals surface area contributed by atoms with Crippen LogP contribution < -0.4 is 15.5 Å². The van der Waals surface area contributed by atoms with Crippen LogP contribution in [0.25, 0.3) is 0 Å². The van der Waals surface area contributed by atoms with Crippen molar-refractivity contribution in [3.63, 3.8) is 0 Å². The maximum Gasteiger partial charge on any atom is 0.329 e. The van der Waals surface area contributed by atoms with Crippen molar-refractivity contribution in [2.45, 2.75) is 26.5 Å². The predicted octanol–water partition coefficient (Wildman–Crippen LogP) is 3.03. The first-order valence-corrected chi connectivity index (χ1v) is 8.54. The van der Waals surface area contributed by atoms with Gasteiger partial charge in [-0.15, -0.1) is 0 Å². The summed E-state index contributed by atoms with van der Waals surface area (Å²) in [5.41, 5.74) is 3.13. The molecule has 27 heavy (non-hydrogen) atoms. The Morgan fingerprint density at radius 1 is 1.22 bits per heavy atom. The summed E-state index contributed by atoms with van der Waals surface area (Å²) in [6, 6.07) is 11.0. The smallest absolute Gasteiger partial charge is 0.329 e. The van der Waals surface area contributed by atoms with Gasteiger partial charge in [0.15, 0.2) is 0 Å². The van der Waals surface area contributed by atoms with Crippen LogP contribution in [0.3, 0.4) is 0 Å². The van der Waals surface area contributed by atoms with E-state index >= 15 is 0 Å². The highest BCUT2D eigenvalue weighted by molar-refractivity contribution is 6.35. The number of amides is 2. The topological polar surface area (TPSA) is 79.8 Å². The summed E-state index contributed by atoms with van der Waals surface area (Å²) < 4.78 is 19.1. The van der Waals surface area contributed by atoms with E-state index in [0.717, 1.165) is 0 Å². The largest absolute Gasteiger partial charge is 0.487 e. The number of ether oxygens (including phenoxy) is 1. The van der Waals surface area contributed by atoms with Gasteiger partial charge in [0, 0.05) is 11.6 Å². The molecule has 2 rings (SSSR count). The first-order valence-electron chi connectivity index (χ1n) is 8.16. The number of halogens is 2. The lowest BCUT2D eigenvalue weighted by molar-refractivity contribution is -0.139. The molecule has 0 aliphatic rings. The molecule has 0 bridgehead atoms. The SMILES string of the molecule is CC(C)NC(=O)C(=O)N/N=C\c1ccc(OCc2ccccc2F)c(Cl)c1. The van der Waals surface area contributed by atoms with Gasteiger partial charge in [0.2, 0.25) is 0 Å². The van der Waals surface area contributed by atoms with Crippen LogP contribution in [0.5, 0.6) is 5.75 Å². The van der Waals surface area contributed by atoms with Crippen LogP contribution in [-0.2, 0) is 16.2 Å². The summed E-state index contributed by atoms with van der Waals surface area (Å²) in [5.74, 6) is -1.60. The fourth-order valence-electron chi connectivity index (χ4n) is 2.03. The molecule has 0 aliphatic heterocycles. The Morgan fingerprint density at radius 2 is 1.96 bits per heavy atom. The molecule has 2 aromatic carbocycles. The number of hydrazone groups is 1. The Labute approximate surface area is 161 Å². The van der Waals surface area contributed by atoms with Gasteiger partial charge in [0.25, 0.3) is 0 Å². The molecule has 0 aromatic heterocycles. The van der Waals surface area contributed by atoms with Crippen molar-refractivity contribution in [3.8, 4) is 5.75 Å². The first kappa shape index (κ1) is 20.4. The second kappa shape index (κ2) is 9.68. The standard InChI is InChI=1S/C19H19ClFN3O3/c1-12(2)23-18(25)19(26)24-22-10-13-7-8-17(15(20)9-13)27-11-14-5-3-4-6-16(14)21/h3-10,12H,11H2,1-2H3,(H,23,25)(H,24,26)/b22-10-. The number of benzene rings is 2. The van der Waals surface area contributed by atoms with Crippen LogP contribution >= 0.6 is 11.6 Å². The van der Waals surface area contributed by atoms with E-state index in [1.54, 1.807) is 50.2 Å². The number of nitrogens with one attached hydrogen (secondary N) is 2. The van der Waals surface area contributed by atoms with E-state index in [-0.39, 0.29) is 18.5 Å². The lowest BCUT2D eigenvalue weighted by Crippen LogP contribution is -2.41. The average Bonchev–Trinajstić information content (AvgIpc) is 2.61. The molecule has 0 radical (unpaired) electrons. The minimum atomic E-state index is -0.865. The molecule has 2 aromatic rings. The number of hydrogen-bond acceptors (Lipinski definition) is 4. The molecule has 0 saturated heterocycles. The van der Waals surface area contributed by atoms with Crippen LogP contribution in [-0.4, -0.2) is 24.1 Å². The lowest BCUT2D eigenvalue weighted by atomic mass is 10.2. The Hall–Kier alpha value is -2.93. The molecular weight excluding hydrogens is 373 g/mol. The zero-order chi connectivity index (χ0) is 19.8. The number of carbonyl (C=O) groups is 2. The summed E-state index contributed by atoms with van der Waals surface area (Å²) in [6.45, 7) is 3.53. The van der Waals surface area contributed by atoms with Crippen molar-refractivity contribution in [3.05, 3.63) is 64.4 Å². The molecule has 0 saturated carbocycles. The summed E-state index contributed by atoms with van der Waals surface area (Å²) >= 11 is 6.15. The van der Waals surface area contributed by atoms with Crippen LogP contribution in [0.15, 0.2) is 47.6 Å². The minimum absolute atomic E-state index is 0.0425. The molecule has 2 N–H and O–H groups in total. The molecule has 0 heterocycles. The Bertz CT molecular complexity index is 856. The molecule has 2 amide bonds. The summed E-state index contributed by atoms with van der Waals surface area (Å²) in [4.78, 5) is 23.0. The molecule has 0 unspecified atom stereocenters. The van der Waals surface area contributed by atoms with Crippen LogP contribution in [0, 0.1) is 5.82 Å². The van der Waals surface area contributed by atoms with Crippen LogP contribution in [0.1, 0.15) is 25.0 Å². The number of rotatable bonds is 6. The van der Waals surface area contributed by atoms with Crippen molar-refractivity contribution in [2.75, 3.05) is 0 Å². The van der Waals surface area contributed by atoms with Gasteiger partial charge in [-0.05, 0) is 43.7 Å². The Morgan fingerprint density at radius 3 is 2.63 bits per heavy atom. The van der Waals surface area contributed by atoms with Crippen molar-refractivity contribution in [2.24, 2.45) is 5.10 Å². The van der Waals surface area contributed by atoms with Crippen LogP contribution in [0.4, 0.5) is 4.39 Å². The average molecular weight is 392 g/mol. The highest BCUT2D eigenvalue weighted by Gasteiger charge is 2.13. The quantitative estimate of drug-likeness (QED) is 0.451. The molecule has 142 valence electrons. The Kier molecular flexibility index (Phi) is 7.31. The highest BCUT2D eigenvalue weighted by Crippen LogP contribution is 2.26. The van der Waals surface area contributed by atoms with Crippen molar-refractivity contribution in [1.29, 1.82) is 0 Å². The second-order valence-electron chi connectivity index (χ2n) is 5.90. The van der Waals surface area contributed by atoms with Gasteiger partial charge in [-0.2, -0.15) is 5.10 Å². The van der Waals surface area contributed by atoms with Crippen molar-refractivity contribution in [1.82, 2.24) is 10.7 Å². The zero-order valence-corrected chi connectivity index (χ0v) is 15.6. The summed E-state index contributed by atoms with van der Waals surface area (Å²) in [7, 11) is 0. The molecule has 0 spiro atoms. The van der Waals surface area contributed by atoms with Gasteiger partial charge in [0.1, 0.15) is 18.2 Å². The minimum Gasteiger partial charge on any atom is -0.487 e. The second-order valence-corrected chi connectivity index (χ2v) is 6.30. The molecular formula is C19H19ClFN3O3. The van der Waals surface area contributed by atoms with Gasteiger partial charge >= 0.3 is 11.8 Å². The van der Waals surface area contributed by atoms with Gasteiger partial charge in [-0.3, -0.25) is 9.59 Å². The first-order chi connectivity index (χ1) is 12.9. The molecule has 0 atom stereocenters. The van der Waals surface area contributed by atoms with Gasteiger partial charge in [-0.1, -0.05) is 29.8 Å². The van der Waals surface area contributed by atoms with E-state index in [1.807, 2.05) is 0 Å². The van der Waals surface area contributed by atoms with Crippen molar-refractivity contribution < 1.29 is 18.7 Å². The fraction of sp³-hybridized carbons (Fsp3) is 0.211. The number of carbonyl (C=O) groups excluding carboxylic acids is 2. The monoisotopic (exact) mass is 391 g/mol. The number of hydrogen-bond donors (Lipinski definition) is 2. The van der Waals surface area contributed by atoms with Gasteiger partial charge in [0.05, 0.1) is 11.2 Å². The molecule has 8 heteroatoms.